The quantitative estimate of drug-likeness (QED) is 0.0254. The SMILES string of the molecule is CCCCCCCCCCCC(=O)O.CCCCCCCCCCCCCC(=O)O.CCCCCCCCCCCCCCCCCC(=O)O.OCC(O)CO.[K+].[OH-]. The van der Waals surface area contributed by atoms with E-state index in [-0.39, 0.29) is 70.1 Å². The first-order chi connectivity index (χ1) is 27.1. The average Bonchev–Trinajstić information content (AvgIpc) is 3.18. The van der Waals surface area contributed by atoms with Crippen molar-refractivity contribution in [3.05, 3.63) is 0 Å². The van der Waals surface area contributed by atoms with Crippen molar-refractivity contribution in [2.75, 3.05) is 13.2 Å². The zero-order valence-corrected chi connectivity index (χ0v) is 41.8. The van der Waals surface area contributed by atoms with Gasteiger partial charge in [-0.05, 0) is 19.3 Å². The van der Waals surface area contributed by atoms with E-state index in [1.165, 1.54) is 186 Å². The Hall–Kier alpha value is -0.114. The topological polar surface area (TPSA) is 203 Å². The second kappa shape index (κ2) is 66.0. The Morgan fingerprint density at radius 1 is 0.328 bits per heavy atom. The second-order valence-corrected chi connectivity index (χ2v) is 15.8. The summed E-state index contributed by atoms with van der Waals surface area (Å²) >= 11 is 0. The third-order valence-corrected chi connectivity index (χ3v) is 9.90. The number of aliphatic hydroxyl groups is 3. The predicted molar refractivity (Wildman–Crippen MR) is 237 cm³/mol. The van der Waals surface area contributed by atoms with Gasteiger partial charge in [-0.2, -0.15) is 0 Å². The number of aliphatic carboxylic acids is 3. The van der Waals surface area contributed by atoms with Gasteiger partial charge < -0.3 is 36.1 Å². The molecule has 0 rings (SSSR count). The van der Waals surface area contributed by atoms with Gasteiger partial charge in [-0.3, -0.25) is 14.4 Å². The van der Waals surface area contributed by atoms with Crippen LogP contribution in [0.2, 0.25) is 0 Å². The summed E-state index contributed by atoms with van der Waals surface area (Å²) in [6.45, 7) is 6.02. The summed E-state index contributed by atoms with van der Waals surface area (Å²) in [7, 11) is 0. The number of carboxylic acids is 3. The summed E-state index contributed by atoms with van der Waals surface area (Å²) < 4.78 is 0. The largest absolute Gasteiger partial charge is 1.00 e. The monoisotopic (exact) mass is 861 g/mol. The molecule has 0 bridgehead atoms. The average molecular weight is 861 g/mol. The van der Waals surface area contributed by atoms with Crippen molar-refractivity contribution >= 4 is 17.9 Å². The predicted octanol–water partition coefficient (Wildman–Crippen LogP) is 10.3. The number of hydrogen-bond donors (Lipinski definition) is 6. The molecule has 0 amide bonds. The molecular weight excluding hydrogens is 764 g/mol. The summed E-state index contributed by atoms with van der Waals surface area (Å²) in [5.41, 5.74) is 0. The van der Waals surface area contributed by atoms with Gasteiger partial charge in [0.25, 0.3) is 0 Å². The summed E-state index contributed by atoms with van der Waals surface area (Å²) in [5, 5.41) is 49.4. The molecule has 0 unspecified atom stereocenters. The van der Waals surface area contributed by atoms with Crippen LogP contribution in [0.15, 0.2) is 0 Å². The van der Waals surface area contributed by atoms with Gasteiger partial charge in [0.1, 0.15) is 6.10 Å². The van der Waals surface area contributed by atoms with E-state index in [1.54, 1.807) is 0 Å². The molecule has 0 aliphatic carbocycles. The van der Waals surface area contributed by atoms with Crippen molar-refractivity contribution in [3.63, 3.8) is 0 Å². The molecule has 0 aromatic rings. The molecule has 0 atom stereocenters. The first kappa shape index (κ1) is 69.6. The molecule has 11 heteroatoms. The fourth-order valence-electron chi connectivity index (χ4n) is 6.23. The molecule has 0 aliphatic heterocycles. The number of aliphatic hydroxyl groups excluding tert-OH is 3. The number of unbranched alkanes of at least 4 members (excludes halogenated alkanes) is 32. The summed E-state index contributed by atoms with van der Waals surface area (Å²) in [6, 6.07) is 0. The van der Waals surface area contributed by atoms with Gasteiger partial charge >= 0.3 is 69.3 Å². The molecule has 0 saturated heterocycles. The number of rotatable bonds is 40. The Bertz CT molecular complexity index is 753. The fourth-order valence-corrected chi connectivity index (χ4v) is 6.23. The molecule has 0 aromatic carbocycles. The van der Waals surface area contributed by atoms with E-state index in [0.29, 0.717) is 19.3 Å². The Balaban J connectivity index is -0.000000162. The van der Waals surface area contributed by atoms with Crippen molar-refractivity contribution in [3.8, 4) is 0 Å². The van der Waals surface area contributed by atoms with Crippen molar-refractivity contribution in [2.45, 2.75) is 271 Å². The van der Waals surface area contributed by atoms with E-state index in [1.807, 2.05) is 0 Å². The summed E-state index contributed by atoms with van der Waals surface area (Å²) in [6.07, 6.45) is 45.1. The van der Waals surface area contributed by atoms with Crippen LogP contribution in [0.3, 0.4) is 0 Å². The van der Waals surface area contributed by atoms with E-state index in [0.717, 1.165) is 38.5 Å². The minimum absolute atomic E-state index is 0. The van der Waals surface area contributed by atoms with Crippen LogP contribution < -0.4 is 51.4 Å². The molecule has 0 saturated carbocycles. The van der Waals surface area contributed by atoms with Crippen LogP contribution in [0.25, 0.3) is 0 Å². The summed E-state index contributed by atoms with van der Waals surface area (Å²) in [4.78, 5) is 30.8. The van der Waals surface area contributed by atoms with Crippen LogP contribution in [0.4, 0.5) is 0 Å². The molecule has 7 N–H and O–H groups in total. The van der Waals surface area contributed by atoms with Crippen LogP contribution in [-0.2, 0) is 14.4 Å². The maximum Gasteiger partial charge on any atom is 1.00 e. The van der Waals surface area contributed by atoms with Gasteiger partial charge in [0.15, 0.2) is 0 Å². The van der Waals surface area contributed by atoms with Crippen molar-refractivity contribution in [1.82, 2.24) is 0 Å². The van der Waals surface area contributed by atoms with Gasteiger partial charge in [0.2, 0.25) is 0 Å². The minimum Gasteiger partial charge on any atom is -0.870 e. The standard InChI is InChI=1S/C18H36O2.C14H28O2.C12H24O2.C3H8O3.K.H2O/c1-2-3-4-5-6-7-8-9-10-11-12-13-14-15-16-17-18(19)20;1-2-3-4-5-6-7-8-9-10-11-12-13-14(15)16;1-2-3-4-5-6-7-8-9-10-11-12(13)14;4-1-3(6)2-5;;/h2-17H2,1H3,(H,19,20);2-13H2,1H3,(H,15,16);2-11H2,1H3,(H,13,14);3-6H,1-2H2;;1H2/q;;;;+1;/p-1. The Morgan fingerprint density at radius 3 is 0.569 bits per heavy atom. The van der Waals surface area contributed by atoms with Gasteiger partial charge in [0, 0.05) is 19.3 Å². The maximum absolute atomic E-state index is 10.3. The molecule has 0 aromatic heterocycles. The van der Waals surface area contributed by atoms with Crippen LogP contribution in [-0.4, -0.2) is 73.3 Å². The van der Waals surface area contributed by atoms with E-state index in [4.69, 9.17) is 30.6 Å². The number of hydrogen-bond acceptors (Lipinski definition) is 7. The van der Waals surface area contributed by atoms with Gasteiger partial charge in [0.05, 0.1) is 13.2 Å². The van der Waals surface area contributed by atoms with Gasteiger partial charge in [-0.15, -0.1) is 0 Å². The minimum atomic E-state index is -0.954. The zero-order chi connectivity index (χ0) is 42.6. The third kappa shape index (κ3) is 83.6. The first-order valence-corrected chi connectivity index (χ1v) is 23.7. The fraction of sp³-hybridized carbons (Fsp3) is 0.936. The maximum atomic E-state index is 10.3. The molecule has 0 radical (unpaired) electrons. The van der Waals surface area contributed by atoms with E-state index in [9.17, 15) is 14.4 Å². The van der Waals surface area contributed by atoms with Crippen LogP contribution in [0.1, 0.15) is 265 Å². The van der Waals surface area contributed by atoms with E-state index < -0.39 is 24.0 Å². The van der Waals surface area contributed by atoms with Crippen molar-refractivity contribution < 1.29 is 102 Å². The molecule has 0 heterocycles. The van der Waals surface area contributed by atoms with Crippen LogP contribution in [0, 0.1) is 0 Å². The van der Waals surface area contributed by atoms with E-state index >= 15 is 0 Å². The third-order valence-electron chi connectivity index (χ3n) is 9.90. The molecule has 0 spiro atoms. The normalized spacial score (nSPS) is 10.2. The van der Waals surface area contributed by atoms with Crippen molar-refractivity contribution in [1.29, 1.82) is 0 Å². The second-order valence-electron chi connectivity index (χ2n) is 15.8. The Kier molecular flexibility index (Phi) is 79.2. The Labute approximate surface area is 400 Å². The first-order valence-electron chi connectivity index (χ1n) is 23.7. The smallest absolute Gasteiger partial charge is 0.870 e. The number of carboxylic acid groups (broad SMARTS) is 3. The molecule has 58 heavy (non-hydrogen) atoms. The summed E-state index contributed by atoms with van der Waals surface area (Å²) in [5.74, 6) is -1.97. The molecule has 0 aliphatic rings. The van der Waals surface area contributed by atoms with Crippen LogP contribution >= 0.6 is 0 Å². The molecular formula is C47H97KO10. The Morgan fingerprint density at radius 2 is 0.466 bits per heavy atom. The molecule has 346 valence electrons. The molecule has 0 fully saturated rings. The van der Waals surface area contributed by atoms with E-state index in [2.05, 4.69) is 20.8 Å². The molecule has 10 nitrogen and oxygen atoms in total. The number of carbonyl (C=O) groups is 3. The van der Waals surface area contributed by atoms with Gasteiger partial charge in [-0.1, -0.05) is 226 Å². The van der Waals surface area contributed by atoms with Crippen LogP contribution in [0.5, 0.6) is 0 Å². The zero-order valence-electron chi connectivity index (χ0n) is 38.7. The van der Waals surface area contributed by atoms with Crippen molar-refractivity contribution in [2.24, 2.45) is 0 Å². The van der Waals surface area contributed by atoms with Gasteiger partial charge in [-0.25, -0.2) is 0 Å².